The van der Waals surface area contributed by atoms with Gasteiger partial charge in [0.25, 0.3) is 5.91 Å². The quantitative estimate of drug-likeness (QED) is 0.845. The summed E-state index contributed by atoms with van der Waals surface area (Å²) in [7, 11) is -3.19. The molecule has 8 nitrogen and oxygen atoms in total. The van der Waals surface area contributed by atoms with E-state index in [1.165, 1.54) is 4.31 Å². The Morgan fingerprint density at radius 2 is 2.09 bits per heavy atom. The smallest absolute Gasteiger partial charge is 0.270 e. The Morgan fingerprint density at radius 1 is 1.35 bits per heavy atom. The van der Waals surface area contributed by atoms with Crippen molar-refractivity contribution >= 4 is 15.9 Å². The topological polar surface area (TPSA) is 97.2 Å². The second-order valence-corrected chi connectivity index (χ2v) is 7.59. The van der Waals surface area contributed by atoms with Crippen molar-refractivity contribution in [3.05, 3.63) is 42.1 Å². The van der Waals surface area contributed by atoms with E-state index in [-0.39, 0.29) is 11.9 Å². The Kier molecular flexibility index (Phi) is 3.90. The van der Waals surface area contributed by atoms with Gasteiger partial charge in [0.2, 0.25) is 10.0 Å². The van der Waals surface area contributed by atoms with Crippen molar-refractivity contribution in [3.63, 3.8) is 0 Å². The van der Waals surface area contributed by atoms with Gasteiger partial charge in [0.1, 0.15) is 17.8 Å². The third-order valence-electron chi connectivity index (χ3n) is 3.61. The largest absolute Gasteiger partial charge is 0.345 e. The Hall–Kier alpha value is -2.26. The number of nitrogens with one attached hydrogen (secondary N) is 1. The van der Waals surface area contributed by atoms with E-state index in [4.69, 9.17) is 0 Å². The molecule has 0 aromatic carbocycles. The summed E-state index contributed by atoms with van der Waals surface area (Å²) in [5.74, 6) is 0.298. The first-order valence-corrected chi connectivity index (χ1v) is 8.91. The fourth-order valence-electron chi connectivity index (χ4n) is 2.35. The number of hydrogen-bond acceptors (Lipinski definition) is 5. The lowest BCUT2D eigenvalue weighted by Gasteiger charge is -2.37. The normalized spacial score (nSPS) is 16.1. The van der Waals surface area contributed by atoms with Gasteiger partial charge in [0, 0.05) is 25.5 Å². The summed E-state index contributed by atoms with van der Waals surface area (Å²) in [5, 5.41) is 2.80. The van der Waals surface area contributed by atoms with Crippen molar-refractivity contribution in [1.29, 1.82) is 0 Å². The molecule has 3 heterocycles. The van der Waals surface area contributed by atoms with Crippen LogP contribution in [-0.2, 0) is 10.0 Å². The Labute approximate surface area is 134 Å². The Balaban J connectivity index is 1.71. The van der Waals surface area contributed by atoms with Crippen LogP contribution in [-0.4, -0.2) is 58.6 Å². The molecule has 1 aliphatic heterocycles. The van der Waals surface area contributed by atoms with Gasteiger partial charge in [-0.1, -0.05) is 0 Å². The van der Waals surface area contributed by atoms with Crippen LogP contribution in [0.15, 0.2) is 30.9 Å². The summed E-state index contributed by atoms with van der Waals surface area (Å²) in [6.45, 7) is 2.48. The zero-order chi connectivity index (χ0) is 16.6. The van der Waals surface area contributed by atoms with Crippen molar-refractivity contribution in [2.24, 2.45) is 0 Å². The average Bonchev–Trinajstić information content (AvgIpc) is 2.94. The summed E-state index contributed by atoms with van der Waals surface area (Å²) in [5.41, 5.74) is 1.20. The summed E-state index contributed by atoms with van der Waals surface area (Å²) in [6, 6.07) is 3.37. The van der Waals surface area contributed by atoms with E-state index in [1.807, 2.05) is 13.0 Å². The zero-order valence-corrected chi connectivity index (χ0v) is 13.6. The molecule has 0 radical (unpaired) electrons. The minimum atomic E-state index is -3.19. The molecule has 23 heavy (non-hydrogen) atoms. The number of sulfonamides is 1. The van der Waals surface area contributed by atoms with Crippen LogP contribution >= 0.6 is 0 Å². The van der Waals surface area contributed by atoms with Crippen LogP contribution in [0.4, 0.5) is 0 Å². The van der Waals surface area contributed by atoms with E-state index in [2.05, 4.69) is 15.3 Å². The third kappa shape index (κ3) is 3.40. The first-order chi connectivity index (χ1) is 10.8. The Bertz CT molecular complexity index is 826. The first-order valence-electron chi connectivity index (χ1n) is 7.06. The highest BCUT2D eigenvalue weighted by atomic mass is 32.2. The van der Waals surface area contributed by atoms with Crippen LogP contribution in [0, 0.1) is 6.92 Å². The molecule has 1 saturated heterocycles. The van der Waals surface area contributed by atoms with Gasteiger partial charge in [0.15, 0.2) is 0 Å². The lowest BCUT2D eigenvalue weighted by Crippen LogP contribution is -2.60. The van der Waals surface area contributed by atoms with Crippen molar-refractivity contribution in [2.75, 3.05) is 19.3 Å². The molecule has 1 aliphatic rings. The second-order valence-electron chi connectivity index (χ2n) is 5.61. The molecular weight excluding hydrogens is 318 g/mol. The number of carbonyl (C=O) groups is 1. The van der Waals surface area contributed by atoms with Crippen molar-refractivity contribution in [3.8, 4) is 5.82 Å². The molecule has 1 amide bonds. The van der Waals surface area contributed by atoms with Crippen LogP contribution in [0.2, 0.25) is 0 Å². The zero-order valence-electron chi connectivity index (χ0n) is 12.8. The fourth-order valence-corrected chi connectivity index (χ4v) is 3.25. The third-order valence-corrected chi connectivity index (χ3v) is 4.85. The van der Waals surface area contributed by atoms with E-state index in [1.54, 1.807) is 29.4 Å². The van der Waals surface area contributed by atoms with Crippen molar-refractivity contribution in [1.82, 2.24) is 24.2 Å². The van der Waals surface area contributed by atoms with Crippen LogP contribution in [0.25, 0.3) is 5.82 Å². The number of imidazole rings is 1. The molecule has 1 fully saturated rings. The molecule has 0 aliphatic carbocycles. The molecule has 0 bridgehead atoms. The molecule has 9 heteroatoms. The van der Waals surface area contributed by atoms with Gasteiger partial charge in [-0.15, -0.1) is 0 Å². The number of amides is 1. The summed E-state index contributed by atoms with van der Waals surface area (Å²) < 4.78 is 25.7. The highest BCUT2D eigenvalue weighted by molar-refractivity contribution is 7.88. The van der Waals surface area contributed by atoms with Crippen molar-refractivity contribution in [2.45, 2.75) is 13.0 Å². The highest BCUT2D eigenvalue weighted by Crippen LogP contribution is 2.14. The molecule has 0 atom stereocenters. The molecular formula is C14H17N5O3S. The van der Waals surface area contributed by atoms with Gasteiger partial charge in [-0.25, -0.2) is 18.4 Å². The average molecular weight is 335 g/mol. The van der Waals surface area contributed by atoms with E-state index in [9.17, 15) is 13.2 Å². The van der Waals surface area contributed by atoms with Crippen LogP contribution in [0.5, 0.6) is 0 Å². The van der Waals surface area contributed by atoms with Crippen LogP contribution in [0.3, 0.4) is 0 Å². The molecule has 0 unspecified atom stereocenters. The molecule has 1 N–H and O–H groups in total. The van der Waals surface area contributed by atoms with Gasteiger partial charge in [-0.05, 0) is 24.6 Å². The van der Waals surface area contributed by atoms with E-state index >= 15 is 0 Å². The van der Waals surface area contributed by atoms with E-state index < -0.39 is 10.0 Å². The Morgan fingerprint density at radius 3 is 2.70 bits per heavy atom. The minimum absolute atomic E-state index is 0.184. The van der Waals surface area contributed by atoms with Gasteiger partial charge >= 0.3 is 0 Å². The lowest BCUT2D eigenvalue weighted by atomic mass is 10.1. The number of hydrogen-bond donors (Lipinski definition) is 1. The molecule has 2 aromatic heterocycles. The summed E-state index contributed by atoms with van der Waals surface area (Å²) >= 11 is 0. The standard InChI is InChI=1S/C14H17N5O3S/c1-10-5-12(17-13(6-10)18-4-3-15-9-18)14(20)16-11-7-19(8-11)23(2,21)22/h3-6,9,11H,7-8H2,1-2H3,(H,16,20). The summed E-state index contributed by atoms with van der Waals surface area (Å²) in [6.07, 6.45) is 6.15. The maximum atomic E-state index is 12.3. The van der Waals surface area contributed by atoms with Gasteiger partial charge < -0.3 is 5.32 Å². The van der Waals surface area contributed by atoms with Crippen LogP contribution in [0.1, 0.15) is 16.1 Å². The van der Waals surface area contributed by atoms with Crippen molar-refractivity contribution < 1.29 is 13.2 Å². The summed E-state index contributed by atoms with van der Waals surface area (Å²) in [4.78, 5) is 20.6. The second kappa shape index (κ2) is 5.74. The maximum absolute atomic E-state index is 12.3. The first kappa shape index (κ1) is 15.6. The predicted molar refractivity (Wildman–Crippen MR) is 83.8 cm³/mol. The van der Waals surface area contributed by atoms with Gasteiger partial charge in [0.05, 0.1) is 12.3 Å². The number of rotatable bonds is 4. The van der Waals surface area contributed by atoms with E-state index in [0.29, 0.717) is 24.6 Å². The number of pyridine rings is 1. The highest BCUT2D eigenvalue weighted by Gasteiger charge is 2.34. The molecule has 0 spiro atoms. The number of nitrogens with zero attached hydrogens (tertiary/aromatic N) is 4. The SMILES string of the molecule is Cc1cc(C(=O)NC2CN(S(C)(=O)=O)C2)nc(-n2ccnc2)c1. The monoisotopic (exact) mass is 335 g/mol. The van der Waals surface area contributed by atoms with E-state index in [0.717, 1.165) is 11.8 Å². The minimum Gasteiger partial charge on any atom is -0.345 e. The molecule has 0 saturated carbocycles. The number of aromatic nitrogens is 3. The number of aryl methyl sites for hydroxylation is 1. The van der Waals surface area contributed by atoms with Gasteiger partial charge in [-0.3, -0.25) is 9.36 Å². The lowest BCUT2D eigenvalue weighted by molar-refractivity contribution is 0.0890. The number of carbonyl (C=O) groups excluding carboxylic acids is 1. The molecule has 3 rings (SSSR count). The van der Waals surface area contributed by atoms with Crippen LogP contribution < -0.4 is 5.32 Å². The van der Waals surface area contributed by atoms with Gasteiger partial charge in [-0.2, -0.15) is 4.31 Å². The molecule has 122 valence electrons. The molecule has 2 aromatic rings. The predicted octanol–water partition coefficient (Wildman–Crippen LogP) is -0.0507. The maximum Gasteiger partial charge on any atom is 0.270 e. The fraction of sp³-hybridized carbons (Fsp3) is 0.357.